The fraction of sp³-hybridized carbons (Fsp3) is 0.818. The topological polar surface area (TPSA) is 43.4 Å². The first-order chi connectivity index (χ1) is 6.65. The molecule has 0 radical (unpaired) electrons. The van der Waals surface area contributed by atoms with Gasteiger partial charge in [0, 0.05) is 12.8 Å². The van der Waals surface area contributed by atoms with Crippen molar-refractivity contribution in [3.8, 4) is 0 Å². The molecule has 14 heavy (non-hydrogen) atoms. The van der Waals surface area contributed by atoms with Crippen LogP contribution in [0.5, 0.6) is 0 Å². The van der Waals surface area contributed by atoms with E-state index in [1.54, 1.807) is 0 Å². The zero-order valence-electron chi connectivity index (χ0n) is 8.54. The molecule has 0 bridgehead atoms. The van der Waals surface area contributed by atoms with Crippen molar-refractivity contribution in [2.75, 3.05) is 6.61 Å². The number of hydrogen-bond donors (Lipinski definition) is 0. The monoisotopic (exact) mass is 196 g/mol. The molecule has 0 amide bonds. The van der Waals surface area contributed by atoms with Gasteiger partial charge in [0.2, 0.25) is 0 Å². The van der Waals surface area contributed by atoms with Crippen LogP contribution in [-0.2, 0) is 14.3 Å². The Labute approximate surface area is 83.8 Å². The molecule has 0 heterocycles. The SMILES string of the molecule is CCOC(=O)C1CCC2(CC(=O)C2)C1. The number of carbonyl (C=O) groups is 2. The van der Waals surface area contributed by atoms with Gasteiger partial charge in [0.05, 0.1) is 12.5 Å². The van der Waals surface area contributed by atoms with Gasteiger partial charge in [-0.15, -0.1) is 0 Å². The molecule has 0 aromatic carbocycles. The number of esters is 1. The molecule has 0 aliphatic heterocycles. The Morgan fingerprint density at radius 2 is 2.29 bits per heavy atom. The number of rotatable bonds is 2. The summed E-state index contributed by atoms with van der Waals surface area (Å²) in [5.41, 5.74) is 0.189. The molecule has 0 saturated heterocycles. The number of ketones is 1. The van der Waals surface area contributed by atoms with Crippen LogP contribution in [0.4, 0.5) is 0 Å². The summed E-state index contributed by atoms with van der Waals surface area (Å²) in [7, 11) is 0. The minimum atomic E-state index is -0.0660. The molecule has 2 aliphatic carbocycles. The highest BCUT2D eigenvalue weighted by Gasteiger charge is 2.50. The van der Waals surface area contributed by atoms with Crippen molar-refractivity contribution in [2.45, 2.75) is 39.0 Å². The van der Waals surface area contributed by atoms with Gasteiger partial charge in [-0.25, -0.2) is 0 Å². The first-order valence-corrected chi connectivity index (χ1v) is 5.33. The van der Waals surface area contributed by atoms with E-state index in [1.165, 1.54) is 0 Å². The Kier molecular flexibility index (Phi) is 2.33. The van der Waals surface area contributed by atoms with Gasteiger partial charge in [0.15, 0.2) is 0 Å². The largest absolute Gasteiger partial charge is 0.466 e. The average molecular weight is 196 g/mol. The van der Waals surface area contributed by atoms with Crippen molar-refractivity contribution in [2.24, 2.45) is 11.3 Å². The van der Waals surface area contributed by atoms with Crippen LogP contribution in [0.25, 0.3) is 0 Å². The van der Waals surface area contributed by atoms with E-state index in [4.69, 9.17) is 4.74 Å². The Morgan fingerprint density at radius 3 is 2.86 bits per heavy atom. The predicted molar refractivity (Wildman–Crippen MR) is 50.6 cm³/mol. The van der Waals surface area contributed by atoms with E-state index in [-0.39, 0.29) is 17.3 Å². The molecule has 0 aromatic rings. The molecule has 1 unspecified atom stereocenters. The second kappa shape index (κ2) is 3.37. The van der Waals surface area contributed by atoms with Gasteiger partial charge in [-0.1, -0.05) is 0 Å². The van der Waals surface area contributed by atoms with E-state index in [9.17, 15) is 9.59 Å². The van der Waals surface area contributed by atoms with Crippen LogP contribution in [0.1, 0.15) is 39.0 Å². The van der Waals surface area contributed by atoms with Crippen LogP contribution < -0.4 is 0 Å². The van der Waals surface area contributed by atoms with Crippen LogP contribution >= 0.6 is 0 Å². The van der Waals surface area contributed by atoms with Gasteiger partial charge >= 0.3 is 5.97 Å². The van der Waals surface area contributed by atoms with Crippen LogP contribution in [0.2, 0.25) is 0 Å². The van der Waals surface area contributed by atoms with Crippen molar-refractivity contribution >= 4 is 11.8 Å². The van der Waals surface area contributed by atoms with Crippen molar-refractivity contribution in [1.29, 1.82) is 0 Å². The molecule has 2 fully saturated rings. The first-order valence-electron chi connectivity index (χ1n) is 5.33. The normalized spacial score (nSPS) is 28.9. The maximum absolute atomic E-state index is 11.4. The molecule has 0 aromatic heterocycles. The zero-order chi connectivity index (χ0) is 10.2. The van der Waals surface area contributed by atoms with Gasteiger partial charge in [-0.3, -0.25) is 9.59 Å². The number of hydrogen-bond acceptors (Lipinski definition) is 3. The smallest absolute Gasteiger partial charge is 0.308 e. The lowest BCUT2D eigenvalue weighted by molar-refractivity contribution is -0.149. The Hall–Kier alpha value is -0.860. The standard InChI is InChI=1S/C11H16O3/c1-2-14-10(13)8-3-4-11(5-8)6-9(12)7-11/h8H,2-7H2,1H3. The lowest BCUT2D eigenvalue weighted by Crippen LogP contribution is -2.35. The summed E-state index contributed by atoms with van der Waals surface area (Å²) in [6, 6.07) is 0. The first kappa shape index (κ1) is 9.69. The number of ether oxygens (including phenoxy) is 1. The minimum Gasteiger partial charge on any atom is -0.466 e. The van der Waals surface area contributed by atoms with E-state index >= 15 is 0 Å². The van der Waals surface area contributed by atoms with Crippen LogP contribution in [0.15, 0.2) is 0 Å². The third-order valence-electron chi connectivity index (χ3n) is 3.47. The van der Waals surface area contributed by atoms with Crippen molar-refractivity contribution < 1.29 is 14.3 Å². The van der Waals surface area contributed by atoms with E-state index in [2.05, 4.69) is 0 Å². The fourth-order valence-corrected chi connectivity index (χ4v) is 2.77. The molecule has 2 rings (SSSR count). The van der Waals surface area contributed by atoms with Gasteiger partial charge in [-0.05, 0) is 31.6 Å². The summed E-state index contributed by atoms with van der Waals surface area (Å²) in [6.07, 6.45) is 4.21. The molecule has 3 heteroatoms. The zero-order valence-corrected chi connectivity index (χ0v) is 8.54. The molecule has 1 spiro atoms. The van der Waals surface area contributed by atoms with Crippen molar-refractivity contribution in [3.63, 3.8) is 0 Å². The summed E-state index contributed by atoms with van der Waals surface area (Å²) in [4.78, 5) is 22.4. The fourth-order valence-electron chi connectivity index (χ4n) is 2.77. The second-order valence-electron chi connectivity index (χ2n) is 4.58. The summed E-state index contributed by atoms with van der Waals surface area (Å²) in [5.74, 6) is 0.348. The number of Topliss-reactive ketones (excluding diaryl/α,β-unsaturated/α-hetero) is 1. The Morgan fingerprint density at radius 1 is 1.57 bits per heavy atom. The van der Waals surface area contributed by atoms with Crippen LogP contribution in [0.3, 0.4) is 0 Å². The number of carbonyl (C=O) groups excluding carboxylic acids is 2. The van der Waals surface area contributed by atoms with Gasteiger partial charge in [-0.2, -0.15) is 0 Å². The summed E-state index contributed by atoms with van der Waals surface area (Å²) < 4.78 is 4.99. The Balaban J connectivity index is 1.89. The third-order valence-corrected chi connectivity index (χ3v) is 3.47. The molecular formula is C11H16O3. The highest BCUT2D eigenvalue weighted by molar-refractivity contribution is 5.86. The van der Waals surface area contributed by atoms with Crippen molar-refractivity contribution in [1.82, 2.24) is 0 Å². The molecular weight excluding hydrogens is 180 g/mol. The predicted octanol–water partition coefficient (Wildman–Crippen LogP) is 1.70. The summed E-state index contributed by atoms with van der Waals surface area (Å²) >= 11 is 0. The maximum atomic E-state index is 11.4. The highest BCUT2D eigenvalue weighted by Crippen LogP contribution is 2.53. The summed E-state index contributed by atoms with van der Waals surface area (Å²) in [6.45, 7) is 2.29. The van der Waals surface area contributed by atoms with E-state index in [0.717, 1.165) is 19.3 Å². The van der Waals surface area contributed by atoms with Crippen LogP contribution in [0, 0.1) is 11.3 Å². The second-order valence-corrected chi connectivity index (χ2v) is 4.58. The van der Waals surface area contributed by atoms with Gasteiger partial charge < -0.3 is 4.74 Å². The minimum absolute atomic E-state index is 0.0584. The quantitative estimate of drug-likeness (QED) is 0.631. The average Bonchev–Trinajstić information content (AvgIpc) is 2.49. The van der Waals surface area contributed by atoms with Gasteiger partial charge in [0.1, 0.15) is 5.78 Å². The molecule has 2 aliphatic rings. The Bertz CT molecular complexity index is 262. The maximum Gasteiger partial charge on any atom is 0.308 e. The van der Waals surface area contributed by atoms with Gasteiger partial charge in [0.25, 0.3) is 0 Å². The lowest BCUT2D eigenvalue weighted by Gasteiger charge is -2.36. The molecule has 3 nitrogen and oxygen atoms in total. The molecule has 2 saturated carbocycles. The van der Waals surface area contributed by atoms with Crippen LogP contribution in [-0.4, -0.2) is 18.4 Å². The third kappa shape index (κ3) is 1.56. The van der Waals surface area contributed by atoms with Crippen molar-refractivity contribution in [3.05, 3.63) is 0 Å². The lowest BCUT2D eigenvalue weighted by atomic mass is 9.66. The van der Waals surface area contributed by atoms with E-state index in [0.29, 0.717) is 25.2 Å². The summed E-state index contributed by atoms with van der Waals surface area (Å²) in [5, 5.41) is 0. The molecule has 0 N–H and O–H groups in total. The van der Waals surface area contributed by atoms with E-state index in [1.807, 2.05) is 6.92 Å². The molecule has 78 valence electrons. The molecule has 1 atom stereocenters. The highest BCUT2D eigenvalue weighted by atomic mass is 16.5. The van der Waals surface area contributed by atoms with E-state index < -0.39 is 0 Å².